The second-order valence-electron chi connectivity index (χ2n) is 11.6. The SMILES string of the molecule is CC(OC1OC1C(C)(CC(C)(C)C)C(C)(C)C)C1OC(=O)C2(C#N)CCCC12. The molecule has 0 spiro atoms. The highest BCUT2D eigenvalue weighted by Crippen LogP contribution is 2.57. The van der Waals surface area contributed by atoms with E-state index in [2.05, 4.69) is 54.5 Å². The van der Waals surface area contributed by atoms with Crippen LogP contribution in [0.3, 0.4) is 0 Å². The highest BCUT2D eigenvalue weighted by atomic mass is 16.8. The van der Waals surface area contributed by atoms with Gasteiger partial charge in [-0.15, -0.1) is 0 Å². The van der Waals surface area contributed by atoms with Crippen LogP contribution in [0.4, 0.5) is 0 Å². The number of hydrogen-bond donors (Lipinski definition) is 0. The monoisotopic (exact) mass is 391 g/mol. The lowest BCUT2D eigenvalue weighted by atomic mass is 9.59. The molecule has 2 saturated heterocycles. The number of ether oxygens (including phenoxy) is 3. The molecule has 1 aliphatic carbocycles. The number of rotatable bonds is 5. The van der Waals surface area contributed by atoms with Crippen molar-refractivity contribution in [2.24, 2.45) is 27.6 Å². The van der Waals surface area contributed by atoms with Crippen LogP contribution >= 0.6 is 0 Å². The summed E-state index contributed by atoms with van der Waals surface area (Å²) in [7, 11) is 0. The lowest BCUT2D eigenvalue weighted by Crippen LogP contribution is -2.43. The first-order valence-electron chi connectivity index (χ1n) is 10.7. The predicted octanol–water partition coefficient (Wildman–Crippen LogP) is 4.84. The second-order valence-corrected chi connectivity index (χ2v) is 11.6. The molecule has 28 heavy (non-hydrogen) atoms. The highest BCUT2D eigenvalue weighted by molar-refractivity contribution is 5.83. The van der Waals surface area contributed by atoms with Crippen molar-refractivity contribution in [1.29, 1.82) is 5.26 Å². The van der Waals surface area contributed by atoms with Gasteiger partial charge in [-0.1, -0.05) is 54.9 Å². The normalized spacial score (nSPS) is 38.3. The molecule has 5 nitrogen and oxygen atoms in total. The molecule has 0 aromatic rings. The number of nitrogens with zero attached hydrogens (tertiary/aromatic N) is 1. The molecule has 3 fully saturated rings. The summed E-state index contributed by atoms with van der Waals surface area (Å²) in [4.78, 5) is 12.4. The number of hydrogen-bond acceptors (Lipinski definition) is 5. The maximum absolute atomic E-state index is 12.4. The van der Waals surface area contributed by atoms with Gasteiger partial charge in [-0.3, -0.25) is 4.79 Å². The van der Waals surface area contributed by atoms with Crippen molar-refractivity contribution in [3.8, 4) is 6.07 Å². The smallest absolute Gasteiger partial charge is 0.327 e. The number of carbonyl (C=O) groups excluding carboxylic acids is 1. The van der Waals surface area contributed by atoms with Crippen LogP contribution in [0.2, 0.25) is 0 Å². The van der Waals surface area contributed by atoms with E-state index < -0.39 is 5.41 Å². The summed E-state index contributed by atoms with van der Waals surface area (Å²) in [6.07, 6.45) is 2.48. The summed E-state index contributed by atoms with van der Waals surface area (Å²) in [6, 6.07) is 2.26. The molecule has 158 valence electrons. The molecule has 7 atom stereocenters. The van der Waals surface area contributed by atoms with Gasteiger partial charge < -0.3 is 14.2 Å². The lowest BCUT2D eigenvalue weighted by molar-refractivity contribution is -0.153. The van der Waals surface area contributed by atoms with E-state index in [1.165, 1.54) is 0 Å². The van der Waals surface area contributed by atoms with E-state index >= 15 is 0 Å². The number of carbonyl (C=O) groups is 1. The Bertz CT molecular complexity index is 670. The standard InChI is InChI=1S/C23H37NO4/c1-14(16-15-10-9-11-23(15,13-24)19(25)27-16)26-18-17(28-18)22(8,21(5,6)7)12-20(2,3)4/h14-18H,9-12H2,1-8H3. The van der Waals surface area contributed by atoms with Crippen molar-refractivity contribution in [2.75, 3.05) is 0 Å². The minimum Gasteiger partial charge on any atom is -0.458 e. The van der Waals surface area contributed by atoms with Crippen LogP contribution in [0.25, 0.3) is 0 Å². The molecule has 3 rings (SSSR count). The number of cyclic esters (lactones) is 1. The first kappa shape index (κ1) is 21.6. The summed E-state index contributed by atoms with van der Waals surface area (Å²) in [5.41, 5.74) is -0.751. The maximum atomic E-state index is 12.4. The minimum absolute atomic E-state index is 0.0237. The topological polar surface area (TPSA) is 71.8 Å². The summed E-state index contributed by atoms with van der Waals surface area (Å²) in [5.74, 6) is -0.431. The molecule has 3 aliphatic rings. The maximum Gasteiger partial charge on any atom is 0.327 e. The van der Waals surface area contributed by atoms with Crippen LogP contribution in [-0.4, -0.2) is 30.6 Å². The van der Waals surface area contributed by atoms with Gasteiger partial charge in [0.05, 0.1) is 12.2 Å². The van der Waals surface area contributed by atoms with E-state index in [0.29, 0.717) is 6.42 Å². The molecule has 0 aromatic carbocycles. The minimum atomic E-state index is -0.960. The van der Waals surface area contributed by atoms with Gasteiger partial charge in [-0.25, -0.2) is 0 Å². The van der Waals surface area contributed by atoms with E-state index in [4.69, 9.17) is 14.2 Å². The highest BCUT2D eigenvalue weighted by Gasteiger charge is 2.63. The number of epoxide rings is 1. The first-order valence-corrected chi connectivity index (χ1v) is 10.7. The first-order chi connectivity index (χ1) is 12.7. The van der Waals surface area contributed by atoms with Crippen molar-refractivity contribution < 1.29 is 19.0 Å². The fourth-order valence-electron chi connectivity index (χ4n) is 5.49. The fourth-order valence-corrected chi connectivity index (χ4v) is 5.49. The summed E-state index contributed by atoms with van der Waals surface area (Å²) >= 11 is 0. The average molecular weight is 392 g/mol. The van der Waals surface area contributed by atoms with Crippen LogP contribution in [0.5, 0.6) is 0 Å². The molecule has 2 heterocycles. The van der Waals surface area contributed by atoms with Crippen molar-refractivity contribution in [2.45, 2.75) is 106 Å². The molecule has 0 amide bonds. The lowest BCUT2D eigenvalue weighted by Gasteiger charge is -2.45. The summed E-state index contributed by atoms with van der Waals surface area (Å²) in [5, 5.41) is 9.62. The largest absolute Gasteiger partial charge is 0.458 e. The van der Waals surface area contributed by atoms with E-state index in [-0.39, 0.29) is 52.7 Å². The summed E-state index contributed by atoms with van der Waals surface area (Å²) in [6.45, 7) is 17.8. The Morgan fingerprint density at radius 3 is 2.43 bits per heavy atom. The Morgan fingerprint density at radius 2 is 1.89 bits per heavy atom. The quantitative estimate of drug-likeness (QED) is 0.495. The van der Waals surface area contributed by atoms with Crippen molar-refractivity contribution >= 4 is 5.97 Å². The third-order valence-electron chi connectivity index (χ3n) is 7.42. The molecule has 0 N–H and O–H groups in total. The molecule has 1 saturated carbocycles. The van der Waals surface area contributed by atoms with Crippen molar-refractivity contribution in [3.05, 3.63) is 0 Å². The second kappa shape index (κ2) is 6.71. The Hall–Kier alpha value is -1.12. The third-order valence-corrected chi connectivity index (χ3v) is 7.42. The van der Waals surface area contributed by atoms with Gasteiger partial charge in [-0.05, 0) is 37.0 Å². The molecular weight excluding hydrogens is 354 g/mol. The summed E-state index contributed by atoms with van der Waals surface area (Å²) < 4.78 is 17.9. The van der Waals surface area contributed by atoms with Gasteiger partial charge in [0.2, 0.25) is 0 Å². The molecule has 0 aromatic heterocycles. The molecule has 0 bridgehead atoms. The van der Waals surface area contributed by atoms with E-state index in [1.807, 2.05) is 6.92 Å². The molecule has 2 aliphatic heterocycles. The zero-order chi connectivity index (χ0) is 21.1. The fraction of sp³-hybridized carbons (Fsp3) is 0.913. The molecule has 7 unspecified atom stereocenters. The Labute approximate surface area is 170 Å². The Kier molecular flexibility index (Phi) is 5.17. The van der Waals surface area contributed by atoms with Gasteiger partial charge in [0.1, 0.15) is 12.2 Å². The molecular formula is C23H37NO4. The van der Waals surface area contributed by atoms with E-state index in [1.54, 1.807) is 0 Å². The van der Waals surface area contributed by atoms with Gasteiger partial charge in [-0.2, -0.15) is 5.26 Å². The number of esters is 1. The Balaban J connectivity index is 1.69. The molecule has 0 radical (unpaired) electrons. The van der Waals surface area contributed by atoms with Crippen LogP contribution in [0.15, 0.2) is 0 Å². The van der Waals surface area contributed by atoms with Crippen molar-refractivity contribution in [3.63, 3.8) is 0 Å². The van der Waals surface area contributed by atoms with Gasteiger partial charge >= 0.3 is 5.97 Å². The van der Waals surface area contributed by atoms with Gasteiger partial charge in [0.25, 0.3) is 0 Å². The van der Waals surface area contributed by atoms with Crippen LogP contribution in [0.1, 0.15) is 81.1 Å². The third kappa shape index (κ3) is 3.48. The Morgan fingerprint density at radius 1 is 1.25 bits per heavy atom. The van der Waals surface area contributed by atoms with E-state index in [0.717, 1.165) is 19.3 Å². The van der Waals surface area contributed by atoms with Crippen LogP contribution in [-0.2, 0) is 19.0 Å². The predicted molar refractivity (Wildman–Crippen MR) is 106 cm³/mol. The van der Waals surface area contributed by atoms with Gasteiger partial charge in [0.15, 0.2) is 11.7 Å². The zero-order valence-corrected chi connectivity index (χ0v) is 18.8. The van der Waals surface area contributed by atoms with Crippen LogP contribution < -0.4 is 0 Å². The van der Waals surface area contributed by atoms with Gasteiger partial charge in [0, 0.05) is 11.3 Å². The number of nitriles is 1. The zero-order valence-electron chi connectivity index (χ0n) is 18.8. The molecule has 5 heteroatoms. The van der Waals surface area contributed by atoms with Crippen LogP contribution in [0, 0.1) is 38.9 Å². The van der Waals surface area contributed by atoms with E-state index in [9.17, 15) is 10.1 Å². The van der Waals surface area contributed by atoms with Crippen molar-refractivity contribution in [1.82, 2.24) is 0 Å². The average Bonchev–Trinajstić information content (AvgIpc) is 3.08. The number of fused-ring (bicyclic) bond motifs is 1.